The van der Waals surface area contributed by atoms with Gasteiger partial charge in [-0.25, -0.2) is 0 Å². The van der Waals surface area contributed by atoms with Crippen molar-refractivity contribution in [3.05, 3.63) is 11.6 Å². The Morgan fingerprint density at radius 2 is 1.54 bits per heavy atom. The zero-order valence-corrected chi connectivity index (χ0v) is 28.3. The molecule has 10 heteroatoms. The number of fused-ring (bicyclic) bond motifs is 7. The molecule has 0 bridgehead atoms. The molecule has 4 saturated carbocycles. The monoisotopic (exact) mass is 650 g/mol. The Balaban J connectivity index is 1.36. The van der Waals surface area contributed by atoms with Crippen LogP contribution in [0.25, 0.3) is 0 Å². The Bertz CT molecular complexity index is 1220. The van der Waals surface area contributed by atoms with Crippen LogP contribution in [0.15, 0.2) is 11.6 Å². The Hall–Kier alpha value is -1.11. The second-order valence-electron chi connectivity index (χ2n) is 17.5. The molecule has 46 heavy (non-hydrogen) atoms. The molecular weight excluding hydrogens is 592 g/mol. The number of carbonyl (C=O) groups excluding carboxylic acids is 1. The number of ether oxygens (including phenoxy) is 2. The minimum absolute atomic E-state index is 0.00699. The third-order valence-electron chi connectivity index (χ3n) is 15.5. The highest BCUT2D eigenvalue weighted by Gasteiger charge is 2.70. The average Bonchev–Trinajstić information content (AvgIpc) is 3.03. The highest BCUT2D eigenvalue weighted by molar-refractivity contribution is 5.79. The van der Waals surface area contributed by atoms with Crippen LogP contribution in [-0.4, -0.2) is 98.3 Å². The van der Waals surface area contributed by atoms with Gasteiger partial charge < -0.3 is 45.2 Å². The lowest BCUT2D eigenvalue weighted by Gasteiger charge is -2.71. The molecule has 0 radical (unpaired) electrons. The van der Waals surface area contributed by atoms with Gasteiger partial charge in [0, 0.05) is 12.0 Å². The van der Waals surface area contributed by atoms with E-state index >= 15 is 0 Å². The summed E-state index contributed by atoms with van der Waals surface area (Å²) in [4.78, 5) is 14.4. The van der Waals surface area contributed by atoms with Crippen LogP contribution in [-0.2, 0) is 14.3 Å². The summed E-state index contributed by atoms with van der Waals surface area (Å²) < 4.78 is 11.5. The number of esters is 1. The minimum atomic E-state index is -1.67. The van der Waals surface area contributed by atoms with Gasteiger partial charge in [0.15, 0.2) is 0 Å². The van der Waals surface area contributed by atoms with E-state index in [4.69, 9.17) is 9.47 Å². The van der Waals surface area contributed by atoms with Crippen LogP contribution < -0.4 is 0 Å². The summed E-state index contributed by atoms with van der Waals surface area (Å²) in [5.74, 6) is -0.164. The molecule has 1 saturated heterocycles. The van der Waals surface area contributed by atoms with Gasteiger partial charge in [-0.2, -0.15) is 0 Å². The van der Waals surface area contributed by atoms with Crippen LogP contribution in [0.4, 0.5) is 0 Å². The molecule has 1 heterocycles. The number of carbonyl (C=O) groups is 1. The molecule has 6 aliphatic rings. The molecule has 5 fully saturated rings. The van der Waals surface area contributed by atoms with E-state index in [-0.39, 0.29) is 46.7 Å². The van der Waals surface area contributed by atoms with E-state index in [0.29, 0.717) is 38.0 Å². The maximum absolute atomic E-state index is 14.4. The second kappa shape index (κ2) is 11.5. The highest BCUT2D eigenvalue weighted by Crippen LogP contribution is 2.75. The second-order valence-corrected chi connectivity index (χ2v) is 17.5. The number of rotatable bonds is 5. The predicted octanol–water partition coefficient (Wildman–Crippen LogP) is 2.44. The number of hydrogen-bond donors (Lipinski definition) is 7. The largest absolute Gasteiger partial charge is 0.432 e. The summed E-state index contributed by atoms with van der Waals surface area (Å²) in [5.41, 5.74) is -0.930. The van der Waals surface area contributed by atoms with Gasteiger partial charge >= 0.3 is 5.97 Å². The van der Waals surface area contributed by atoms with Crippen molar-refractivity contribution < 1.29 is 50.0 Å². The predicted molar refractivity (Wildman–Crippen MR) is 168 cm³/mol. The molecule has 0 aromatic rings. The topological polar surface area (TPSA) is 177 Å². The van der Waals surface area contributed by atoms with Crippen molar-refractivity contribution in [3.8, 4) is 0 Å². The Morgan fingerprint density at radius 3 is 2.20 bits per heavy atom. The van der Waals surface area contributed by atoms with Crippen LogP contribution in [0.2, 0.25) is 0 Å². The van der Waals surface area contributed by atoms with E-state index in [1.54, 1.807) is 0 Å². The van der Waals surface area contributed by atoms with E-state index in [1.807, 2.05) is 0 Å². The van der Waals surface area contributed by atoms with Crippen molar-refractivity contribution in [2.45, 2.75) is 136 Å². The van der Waals surface area contributed by atoms with E-state index in [1.165, 1.54) is 5.57 Å². The summed E-state index contributed by atoms with van der Waals surface area (Å²) in [6, 6.07) is 0. The standard InChI is InChI=1S/C36H58O10/c1-31(18-38)12-14-36(30(44)46-29-28(43)27(42)26(41)22(17-37)45-29)15-13-34(4)20(21(36)16-31)6-7-24-32(2)10-9-25(40)33(3,19-39)23(32)8-11-35(24,34)5/h6,21-29,37-43H,7-19H2,1-5H3/t21-,22+,23+,24+,25-,26+,27-,28+,29-,31+,32-,33-,34+,35+,36-/m0/s1. The first kappa shape index (κ1) is 34.7. The first-order chi connectivity index (χ1) is 21.5. The zero-order chi connectivity index (χ0) is 33.7. The SMILES string of the molecule is C[C@@]1(CO)CC[C@]2(C(=O)O[C@@H]3O[C@H](CO)[C@@H](O)[C@H](O)[C@H]3O)CC[C@]3(C)C(=CC[C@@H]4[C@@]5(C)CC[C@H](O)[C@@](C)(CO)[C@@H]5CC[C@]43C)[C@@H]2C1. The summed E-state index contributed by atoms with van der Waals surface area (Å²) in [5, 5.41) is 73.1. The zero-order valence-electron chi connectivity index (χ0n) is 28.3. The molecule has 0 aromatic carbocycles. The minimum Gasteiger partial charge on any atom is -0.432 e. The number of aliphatic hydroxyl groups is 7. The van der Waals surface area contributed by atoms with Crippen LogP contribution >= 0.6 is 0 Å². The van der Waals surface area contributed by atoms with Crippen molar-refractivity contribution in [1.82, 2.24) is 0 Å². The maximum Gasteiger partial charge on any atom is 0.315 e. The van der Waals surface area contributed by atoms with Crippen LogP contribution in [0.5, 0.6) is 0 Å². The summed E-state index contributed by atoms with van der Waals surface area (Å²) in [6.45, 7) is 10.7. The first-order valence-electron chi connectivity index (χ1n) is 17.6. The highest BCUT2D eigenvalue weighted by atomic mass is 16.7. The number of aliphatic hydroxyl groups excluding tert-OH is 7. The van der Waals surface area contributed by atoms with Gasteiger partial charge in [0.1, 0.15) is 24.4 Å². The number of hydrogen-bond acceptors (Lipinski definition) is 10. The van der Waals surface area contributed by atoms with Crippen LogP contribution in [0.1, 0.15) is 98.8 Å². The molecule has 7 N–H and O–H groups in total. The van der Waals surface area contributed by atoms with Crippen molar-refractivity contribution in [2.24, 2.45) is 50.2 Å². The third-order valence-corrected chi connectivity index (χ3v) is 15.5. The normalized spacial score (nSPS) is 55.2. The van der Waals surface area contributed by atoms with E-state index in [9.17, 15) is 40.5 Å². The first-order valence-corrected chi connectivity index (χ1v) is 17.6. The summed E-state index contributed by atoms with van der Waals surface area (Å²) in [6.07, 6.45) is 1.70. The fourth-order valence-electron chi connectivity index (χ4n) is 12.1. The quantitative estimate of drug-likeness (QED) is 0.173. The van der Waals surface area contributed by atoms with E-state index in [2.05, 4.69) is 40.7 Å². The Kier molecular flexibility index (Phi) is 8.66. The van der Waals surface area contributed by atoms with Gasteiger partial charge in [0.2, 0.25) is 6.29 Å². The van der Waals surface area contributed by atoms with Gasteiger partial charge in [0.25, 0.3) is 0 Å². The smallest absolute Gasteiger partial charge is 0.315 e. The van der Waals surface area contributed by atoms with Crippen molar-refractivity contribution in [3.63, 3.8) is 0 Å². The molecule has 15 atom stereocenters. The fourth-order valence-corrected chi connectivity index (χ4v) is 12.1. The molecule has 0 spiro atoms. The van der Waals surface area contributed by atoms with Crippen molar-refractivity contribution in [1.29, 1.82) is 0 Å². The summed E-state index contributed by atoms with van der Waals surface area (Å²) in [7, 11) is 0. The van der Waals surface area contributed by atoms with Gasteiger partial charge in [-0.05, 0) is 104 Å². The molecule has 0 amide bonds. The molecule has 0 aromatic heterocycles. The maximum atomic E-state index is 14.4. The van der Waals surface area contributed by atoms with Crippen molar-refractivity contribution in [2.75, 3.05) is 19.8 Å². The lowest BCUT2D eigenvalue weighted by Crippen LogP contribution is -2.66. The van der Waals surface area contributed by atoms with Crippen LogP contribution in [0, 0.1) is 50.2 Å². The Morgan fingerprint density at radius 1 is 0.848 bits per heavy atom. The third kappa shape index (κ3) is 4.60. The molecule has 10 nitrogen and oxygen atoms in total. The molecule has 5 aliphatic carbocycles. The van der Waals surface area contributed by atoms with Crippen molar-refractivity contribution >= 4 is 5.97 Å². The molecule has 262 valence electrons. The lowest BCUT2D eigenvalue weighted by atomic mass is 9.33. The van der Waals surface area contributed by atoms with Gasteiger partial charge in [-0.3, -0.25) is 4.79 Å². The molecular formula is C36H58O10. The van der Waals surface area contributed by atoms with E-state index in [0.717, 1.165) is 32.1 Å². The molecule has 1 aliphatic heterocycles. The van der Waals surface area contributed by atoms with Gasteiger partial charge in [0.05, 0.1) is 24.7 Å². The van der Waals surface area contributed by atoms with Gasteiger partial charge in [-0.15, -0.1) is 0 Å². The molecule has 0 unspecified atom stereocenters. The average molecular weight is 651 g/mol. The molecule has 6 rings (SSSR count). The van der Waals surface area contributed by atoms with Gasteiger partial charge in [-0.1, -0.05) is 46.3 Å². The van der Waals surface area contributed by atoms with Crippen LogP contribution in [0.3, 0.4) is 0 Å². The Labute approximate surface area is 273 Å². The summed E-state index contributed by atoms with van der Waals surface area (Å²) >= 11 is 0. The van der Waals surface area contributed by atoms with E-state index < -0.39 is 60.2 Å². The fraction of sp³-hybridized carbons (Fsp3) is 0.917. The lowest BCUT2D eigenvalue weighted by molar-refractivity contribution is -0.297. The number of allylic oxidation sites excluding steroid dienone is 2.